The van der Waals surface area contributed by atoms with Gasteiger partial charge in [-0.05, 0) is 52.2 Å². The predicted molar refractivity (Wildman–Crippen MR) is 77.0 cm³/mol. The highest BCUT2D eigenvalue weighted by molar-refractivity contribution is 9.10. The molecule has 0 aromatic heterocycles. The van der Waals surface area contributed by atoms with Crippen molar-refractivity contribution in [1.82, 2.24) is 0 Å². The van der Waals surface area contributed by atoms with Crippen LogP contribution in [0.1, 0.15) is 22.8 Å². The minimum absolute atomic E-state index is 0.0221. The summed E-state index contributed by atoms with van der Waals surface area (Å²) >= 11 is 2.93. The van der Waals surface area contributed by atoms with Gasteiger partial charge in [0.05, 0.1) is 10.0 Å². The van der Waals surface area contributed by atoms with E-state index in [4.69, 9.17) is 9.84 Å². The Hall–Kier alpha value is -1.88. The number of hydrogen-bond acceptors (Lipinski definition) is 2. The summed E-state index contributed by atoms with van der Waals surface area (Å²) < 4.78 is 19.3. The lowest BCUT2D eigenvalue weighted by molar-refractivity contribution is 0.0695. The molecule has 2 rings (SSSR count). The highest BCUT2D eigenvalue weighted by Gasteiger charge is 2.17. The Balaban J connectivity index is 2.29. The highest BCUT2D eigenvalue weighted by Crippen LogP contribution is 2.31. The fraction of sp³-hybridized carbons (Fsp3) is 0.133. The van der Waals surface area contributed by atoms with Crippen LogP contribution in [0.2, 0.25) is 0 Å². The molecule has 1 N–H and O–H groups in total. The van der Waals surface area contributed by atoms with E-state index in [2.05, 4.69) is 15.9 Å². The molecule has 0 spiro atoms. The van der Waals surface area contributed by atoms with Gasteiger partial charge in [0.1, 0.15) is 5.75 Å². The number of benzene rings is 2. The summed E-state index contributed by atoms with van der Waals surface area (Å²) in [7, 11) is 0. The zero-order chi connectivity index (χ0) is 14.7. The molecule has 0 aliphatic carbocycles. The Kier molecular flexibility index (Phi) is 4.39. The number of aryl methyl sites for hydroxylation is 1. The van der Waals surface area contributed by atoms with Gasteiger partial charge in [-0.2, -0.15) is 0 Å². The molecule has 20 heavy (non-hydrogen) atoms. The van der Waals surface area contributed by atoms with Crippen molar-refractivity contribution in [3.63, 3.8) is 0 Å². The number of rotatable bonds is 4. The van der Waals surface area contributed by atoms with Gasteiger partial charge in [0.2, 0.25) is 0 Å². The average Bonchev–Trinajstić information content (AvgIpc) is 2.44. The lowest BCUT2D eigenvalue weighted by atomic mass is 10.2. The first-order valence-electron chi connectivity index (χ1n) is 6.01. The second-order valence-electron chi connectivity index (χ2n) is 4.14. The summed E-state index contributed by atoms with van der Waals surface area (Å²) in [6.07, 6.45) is 0.910. The van der Waals surface area contributed by atoms with Crippen LogP contribution in [-0.2, 0) is 6.42 Å². The zero-order valence-electron chi connectivity index (χ0n) is 10.7. The van der Waals surface area contributed by atoms with Gasteiger partial charge in [-0.1, -0.05) is 19.1 Å². The lowest BCUT2D eigenvalue weighted by Gasteiger charge is -2.09. The van der Waals surface area contributed by atoms with E-state index < -0.39 is 11.8 Å². The van der Waals surface area contributed by atoms with Crippen LogP contribution in [0, 0.1) is 5.82 Å². The SMILES string of the molecule is CCc1ccc(Oc2ccc(C(=O)O)c(Br)c2F)cc1. The predicted octanol–water partition coefficient (Wildman–Crippen LogP) is 4.64. The zero-order valence-corrected chi connectivity index (χ0v) is 12.3. The highest BCUT2D eigenvalue weighted by atomic mass is 79.9. The number of hydrogen-bond donors (Lipinski definition) is 1. The summed E-state index contributed by atoms with van der Waals surface area (Å²) in [4.78, 5) is 10.9. The standard InChI is InChI=1S/C15H12BrFO3/c1-2-9-3-5-10(6-4-9)20-12-8-7-11(15(18)19)13(16)14(12)17/h3-8H,2H2,1H3,(H,18,19). The molecule has 5 heteroatoms. The molecule has 0 aliphatic heterocycles. The van der Waals surface area contributed by atoms with Crippen LogP contribution in [0.3, 0.4) is 0 Å². The van der Waals surface area contributed by atoms with Gasteiger partial charge in [-0.15, -0.1) is 0 Å². The molecule has 2 aromatic rings. The van der Waals surface area contributed by atoms with Crippen molar-refractivity contribution in [2.24, 2.45) is 0 Å². The third-order valence-corrected chi connectivity index (χ3v) is 3.61. The first-order valence-corrected chi connectivity index (χ1v) is 6.80. The molecule has 0 aliphatic rings. The van der Waals surface area contributed by atoms with Crippen molar-refractivity contribution in [3.8, 4) is 11.5 Å². The van der Waals surface area contributed by atoms with E-state index in [0.717, 1.165) is 12.0 Å². The molecule has 0 bridgehead atoms. The van der Waals surface area contributed by atoms with Crippen LogP contribution in [0.25, 0.3) is 0 Å². The van der Waals surface area contributed by atoms with Crippen LogP contribution in [0.5, 0.6) is 11.5 Å². The molecule has 2 aromatic carbocycles. The molecule has 0 heterocycles. The Labute approximate surface area is 124 Å². The van der Waals surface area contributed by atoms with E-state index in [0.29, 0.717) is 5.75 Å². The minimum atomic E-state index is -1.20. The monoisotopic (exact) mass is 338 g/mol. The van der Waals surface area contributed by atoms with E-state index in [1.807, 2.05) is 19.1 Å². The van der Waals surface area contributed by atoms with Gasteiger partial charge >= 0.3 is 5.97 Å². The smallest absolute Gasteiger partial charge is 0.336 e. The summed E-state index contributed by atoms with van der Waals surface area (Å²) in [5, 5.41) is 8.89. The normalized spacial score (nSPS) is 10.3. The van der Waals surface area contributed by atoms with Crippen LogP contribution in [0.15, 0.2) is 40.9 Å². The Morgan fingerprint density at radius 2 is 1.90 bits per heavy atom. The van der Waals surface area contributed by atoms with Crippen LogP contribution in [0.4, 0.5) is 4.39 Å². The molecule has 0 atom stereocenters. The Morgan fingerprint density at radius 1 is 1.25 bits per heavy atom. The third-order valence-electron chi connectivity index (χ3n) is 2.84. The number of carbonyl (C=O) groups is 1. The van der Waals surface area contributed by atoms with E-state index in [1.165, 1.54) is 12.1 Å². The number of carboxylic acids is 1. The molecule has 0 saturated heterocycles. The molecule has 0 fully saturated rings. The summed E-state index contributed by atoms with van der Waals surface area (Å²) in [6.45, 7) is 2.04. The van der Waals surface area contributed by atoms with E-state index in [1.54, 1.807) is 12.1 Å². The number of aromatic carboxylic acids is 1. The molecule has 0 amide bonds. The average molecular weight is 339 g/mol. The quantitative estimate of drug-likeness (QED) is 0.883. The van der Waals surface area contributed by atoms with Crippen molar-refractivity contribution >= 4 is 21.9 Å². The second-order valence-corrected chi connectivity index (χ2v) is 4.94. The Bertz CT molecular complexity index is 638. The van der Waals surface area contributed by atoms with Crippen molar-refractivity contribution in [3.05, 3.63) is 57.8 Å². The van der Waals surface area contributed by atoms with Crippen molar-refractivity contribution in [2.45, 2.75) is 13.3 Å². The number of carboxylic acid groups (broad SMARTS) is 1. The van der Waals surface area contributed by atoms with Gasteiger partial charge in [0.25, 0.3) is 0 Å². The van der Waals surface area contributed by atoms with Crippen LogP contribution < -0.4 is 4.74 Å². The maximum absolute atomic E-state index is 14.0. The van der Waals surface area contributed by atoms with E-state index in [-0.39, 0.29) is 15.8 Å². The molecular weight excluding hydrogens is 327 g/mol. The molecule has 0 radical (unpaired) electrons. The first kappa shape index (κ1) is 14.5. The van der Waals surface area contributed by atoms with Crippen molar-refractivity contribution in [2.75, 3.05) is 0 Å². The number of ether oxygens (including phenoxy) is 1. The Morgan fingerprint density at radius 3 is 2.45 bits per heavy atom. The van der Waals surface area contributed by atoms with Gasteiger partial charge in [0.15, 0.2) is 11.6 Å². The molecule has 104 valence electrons. The van der Waals surface area contributed by atoms with Gasteiger partial charge in [-0.3, -0.25) is 0 Å². The molecule has 0 unspecified atom stereocenters. The van der Waals surface area contributed by atoms with Gasteiger partial charge in [0, 0.05) is 0 Å². The van der Waals surface area contributed by atoms with E-state index >= 15 is 0 Å². The maximum Gasteiger partial charge on any atom is 0.336 e. The van der Waals surface area contributed by atoms with Gasteiger partial charge in [-0.25, -0.2) is 9.18 Å². The van der Waals surface area contributed by atoms with Crippen LogP contribution >= 0.6 is 15.9 Å². The topological polar surface area (TPSA) is 46.5 Å². The van der Waals surface area contributed by atoms with Crippen molar-refractivity contribution in [1.29, 1.82) is 0 Å². The largest absolute Gasteiger partial charge is 0.478 e. The van der Waals surface area contributed by atoms with Gasteiger partial charge < -0.3 is 9.84 Å². The second kappa shape index (κ2) is 6.05. The minimum Gasteiger partial charge on any atom is -0.478 e. The lowest BCUT2D eigenvalue weighted by Crippen LogP contribution is -2.00. The fourth-order valence-corrected chi connectivity index (χ4v) is 2.19. The molecule has 3 nitrogen and oxygen atoms in total. The number of halogens is 2. The fourth-order valence-electron chi connectivity index (χ4n) is 1.70. The maximum atomic E-state index is 14.0. The molecule has 0 saturated carbocycles. The first-order chi connectivity index (χ1) is 9.52. The third kappa shape index (κ3) is 2.99. The summed E-state index contributed by atoms with van der Waals surface area (Å²) in [6, 6.07) is 9.89. The summed E-state index contributed by atoms with van der Waals surface area (Å²) in [5.41, 5.74) is 1.01. The summed E-state index contributed by atoms with van der Waals surface area (Å²) in [5.74, 6) is -1.46. The van der Waals surface area contributed by atoms with Crippen LogP contribution in [-0.4, -0.2) is 11.1 Å². The molecular formula is C15H12BrFO3. The van der Waals surface area contributed by atoms with E-state index in [9.17, 15) is 9.18 Å². The van der Waals surface area contributed by atoms with Crippen molar-refractivity contribution < 1.29 is 19.0 Å².